The highest BCUT2D eigenvalue weighted by molar-refractivity contribution is 5.91. The predicted octanol–water partition coefficient (Wildman–Crippen LogP) is 2.74. The van der Waals surface area contributed by atoms with Gasteiger partial charge in [-0.1, -0.05) is 69.4 Å². The molecule has 2 aliphatic rings. The fourth-order valence-corrected chi connectivity index (χ4v) is 6.05. The molecule has 244 valence electrons. The van der Waals surface area contributed by atoms with Crippen LogP contribution in [0.5, 0.6) is 0 Å². The zero-order valence-corrected chi connectivity index (χ0v) is 26.9. The van der Waals surface area contributed by atoms with E-state index in [0.717, 1.165) is 57.2 Å². The van der Waals surface area contributed by atoms with Crippen LogP contribution < -0.4 is 10.6 Å². The molecule has 0 heterocycles. The lowest BCUT2D eigenvalue weighted by molar-refractivity contribution is -0.137. The average Bonchev–Trinajstić information content (AvgIpc) is 3.88. The van der Waals surface area contributed by atoms with Gasteiger partial charge in [0.15, 0.2) is 0 Å². The number of nitrogens with one attached hydrogen (secondary N) is 2. The standard InChI is InChI=1S/C35H54N4O5/c1-5-13-29(35(44)37-30(23-26-16-11-8-12-17-26)33(42)32(41)27-18-19-27)36-34(43)28(22-25-14-9-7-10-15-25)24-31(40)39(4)21-20-38(3)6-2/h1,7,9-10,14-15,26-30,32-33,41-42H,6,8,11-13,16-24H2,2-4H3,(H,36,43)(H,37,44)/t28-,29+,30+,32+,33-/m1/s1. The Labute approximate surface area is 264 Å². The van der Waals surface area contributed by atoms with Crippen LogP contribution in [0.4, 0.5) is 0 Å². The molecule has 3 amide bonds. The molecule has 3 rings (SSSR count). The van der Waals surface area contributed by atoms with E-state index in [1.54, 1.807) is 11.9 Å². The van der Waals surface area contributed by atoms with Gasteiger partial charge >= 0.3 is 0 Å². The zero-order chi connectivity index (χ0) is 32.1. The number of benzene rings is 1. The molecule has 4 N–H and O–H groups in total. The van der Waals surface area contributed by atoms with Crippen LogP contribution in [0, 0.1) is 30.1 Å². The first-order valence-corrected chi connectivity index (χ1v) is 16.5. The number of nitrogens with zero attached hydrogens (tertiary/aromatic N) is 2. The lowest BCUT2D eigenvalue weighted by Crippen LogP contribution is -2.56. The number of hydrogen-bond donors (Lipinski definition) is 4. The topological polar surface area (TPSA) is 122 Å². The molecule has 44 heavy (non-hydrogen) atoms. The highest BCUT2D eigenvalue weighted by Crippen LogP contribution is 2.36. The molecule has 0 bridgehead atoms. The van der Waals surface area contributed by atoms with Gasteiger partial charge in [0.1, 0.15) is 12.1 Å². The van der Waals surface area contributed by atoms with E-state index in [1.165, 1.54) is 6.42 Å². The molecule has 9 heteroatoms. The Morgan fingerprint density at radius 3 is 2.27 bits per heavy atom. The molecule has 0 unspecified atom stereocenters. The second-order valence-corrected chi connectivity index (χ2v) is 12.9. The number of aliphatic hydroxyl groups excluding tert-OH is 2. The van der Waals surface area contributed by atoms with Crippen LogP contribution in [0.25, 0.3) is 0 Å². The third-order valence-electron chi connectivity index (χ3n) is 9.36. The summed E-state index contributed by atoms with van der Waals surface area (Å²) in [6, 6.07) is 7.83. The Hall–Kier alpha value is -2.93. The summed E-state index contributed by atoms with van der Waals surface area (Å²) in [6.45, 7) is 4.20. The Bertz CT molecular complexity index is 1080. The summed E-state index contributed by atoms with van der Waals surface area (Å²) in [6.07, 6.45) is 11.7. The minimum atomic E-state index is -1.10. The number of rotatable bonds is 18. The zero-order valence-electron chi connectivity index (χ0n) is 26.9. The van der Waals surface area contributed by atoms with E-state index in [2.05, 4.69) is 28.4 Å². The highest BCUT2D eigenvalue weighted by Gasteiger charge is 2.40. The SMILES string of the molecule is C#CC[C@H](NC(=O)[C@@H](CC(=O)N(C)CCN(C)CC)Cc1ccccc1)C(=O)N[C@@H](CC1CCCCC1)[C@@H](O)[C@@H](O)C1CC1. The summed E-state index contributed by atoms with van der Waals surface area (Å²) in [5.74, 6) is 1.16. The molecule has 2 fully saturated rings. The summed E-state index contributed by atoms with van der Waals surface area (Å²) in [5.41, 5.74) is 0.913. The summed E-state index contributed by atoms with van der Waals surface area (Å²) >= 11 is 0. The van der Waals surface area contributed by atoms with E-state index < -0.39 is 42.0 Å². The van der Waals surface area contributed by atoms with Gasteiger partial charge < -0.3 is 30.6 Å². The quantitative estimate of drug-likeness (QED) is 0.190. The molecule has 1 aromatic rings. The molecule has 0 aromatic heterocycles. The molecule has 0 radical (unpaired) electrons. The molecule has 5 atom stereocenters. The van der Waals surface area contributed by atoms with Gasteiger partial charge in [0.05, 0.1) is 18.1 Å². The van der Waals surface area contributed by atoms with Crippen LogP contribution in [0.3, 0.4) is 0 Å². The number of terminal acetylenes is 1. The van der Waals surface area contributed by atoms with Crippen molar-refractivity contribution in [3.8, 4) is 12.3 Å². The van der Waals surface area contributed by atoms with Gasteiger partial charge in [0.2, 0.25) is 17.7 Å². The fraction of sp³-hybridized carbons (Fsp3) is 0.686. The molecule has 2 saturated carbocycles. The number of likely N-dealkylation sites (N-methyl/N-ethyl adjacent to an activating group) is 2. The molecule has 9 nitrogen and oxygen atoms in total. The molecular formula is C35H54N4O5. The van der Waals surface area contributed by atoms with Crippen molar-refractivity contribution < 1.29 is 24.6 Å². The summed E-state index contributed by atoms with van der Waals surface area (Å²) < 4.78 is 0. The monoisotopic (exact) mass is 610 g/mol. The van der Waals surface area contributed by atoms with Crippen LogP contribution >= 0.6 is 0 Å². The second kappa shape index (κ2) is 18.1. The van der Waals surface area contributed by atoms with Crippen molar-refractivity contribution in [2.75, 3.05) is 33.7 Å². The molecule has 0 aliphatic heterocycles. The maximum atomic E-state index is 13.7. The number of carbonyl (C=O) groups excluding carboxylic acids is 3. The third-order valence-corrected chi connectivity index (χ3v) is 9.36. The van der Waals surface area contributed by atoms with Gasteiger partial charge in [-0.15, -0.1) is 12.3 Å². The number of carbonyl (C=O) groups is 3. The molecular weight excluding hydrogens is 556 g/mol. The first kappa shape index (κ1) is 35.5. The minimum Gasteiger partial charge on any atom is -0.390 e. The van der Waals surface area contributed by atoms with Crippen LogP contribution in [0.1, 0.15) is 76.7 Å². The van der Waals surface area contributed by atoms with Gasteiger partial charge in [-0.25, -0.2) is 0 Å². The van der Waals surface area contributed by atoms with E-state index in [0.29, 0.717) is 25.3 Å². The Balaban J connectivity index is 1.72. The lowest BCUT2D eigenvalue weighted by Gasteiger charge is -2.33. The normalized spacial score (nSPS) is 18.8. The van der Waals surface area contributed by atoms with Crippen LogP contribution in [0.15, 0.2) is 30.3 Å². The molecule has 0 spiro atoms. The molecule has 1 aromatic carbocycles. The largest absolute Gasteiger partial charge is 0.390 e. The van der Waals surface area contributed by atoms with E-state index >= 15 is 0 Å². The average molecular weight is 611 g/mol. The van der Waals surface area contributed by atoms with Crippen molar-refractivity contribution >= 4 is 17.7 Å². The molecule has 2 aliphatic carbocycles. The Kier molecular flexibility index (Phi) is 14.7. The van der Waals surface area contributed by atoms with Gasteiger partial charge in [0.25, 0.3) is 0 Å². The van der Waals surface area contributed by atoms with Crippen molar-refractivity contribution in [3.63, 3.8) is 0 Å². The maximum absolute atomic E-state index is 13.7. The van der Waals surface area contributed by atoms with E-state index in [9.17, 15) is 24.6 Å². The van der Waals surface area contributed by atoms with Gasteiger partial charge in [-0.05, 0) is 56.7 Å². The summed E-state index contributed by atoms with van der Waals surface area (Å²) in [4.78, 5) is 44.3. The summed E-state index contributed by atoms with van der Waals surface area (Å²) in [7, 11) is 3.73. The van der Waals surface area contributed by atoms with Crippen molar-refractivity contribution in [3.05, 3.63) is 35.9 Å². The van der Waals surface area contributed by atoms with Crippen molar-refractivity contribution in [2.24, 2.45) is 17.8 Å². The second-order valence-electron chi connectivity index (χ2n) is 12.9. The van der Waals surface area contributed by atoms with Gasteiger partial charge in [-0.3, -0.25) is 14.4 Å². The van der Waals surface area contributed by atoms with E-state index in [-0.39, 0.29) is 24.7 Å². The first-order valence-electron chi connectivity index (χ1n) is 16.5. The fourth-order valence-electron chi connectivity index (χ4n) is 6.05. The van der Waals surface area contributed by atoms with Crippen LogP contribution in [-0.4, -0.2) is 95.8 Å². The van der Waals surface area contributed by atoms with E-state index in [1.807, 2.05) is 37.4 Å². The van der Waals surface area contributed by atoms with Crippen molar-refractivity contribution in [1.82, 2.24) is 20.4 Å². The van der Waals surface area contributed by atoms with E-state index in [4.69, 9.17) is 6.42 Å². The van der Waals surface area contributed by atoms with Crippen LogP contribution in [-0.2, 0) is 20.8 Å². The van der Waals surface area contributed by atoms with Gasteiger partial charge in [-0.2, -0.15) is 0 Å². The predicted molar refractivity (Wildman–Crippen MR) is 172 cm³/mol. The van der Waals surface area contributed by atoms with Crippen molar-refractivity contribution in [1.29, 1.82) is 0 Å². The highest BCUT2D eigenvalue weighted by atomic mass is 16.3. The minimum absolute atomic E-state index is 0.00589. The smallest absolute Gasteiger partial charge is 0.243 e. The number of amides is 3. The van der Waals surface area contributed by atoms with Gasteiger partial charge in [0, 0.05) is 33.0 Å². The first-order chi connectivity index (χ1) is 21.1. The maximum Gasteiger partial charge on any atom is 0.243 e. The third kappa shape index (κ3) is 11.5. The molecule has 0 saturated heterocycles. The Morgan fingerprint density at radius 1 is 0.977 bits per heavy atom. The van der Waals surface area contributed by atoms with Crippen LogP contribution in [0.2, 0.25) is 0 Å². The number of hydrogen-bond acceptors (Lipinski definition) is 6. The lowest BCUT2D eigenvalue weighted by atomic mass is 9.82. The Morgan fingerprint density at radius 2 is 1.66 bits per heavy atom. The van der Waals surface area contributed by atoms with Crippen molar-refractivity contribution in [2.45, 2.75) is 102 Å². The summed E-state index contributed by atoms with van der Waals surface area (Å²) in [5, 5.41) is 27.7. The number of aliphatic hydroxyl groups is 2.